The van der Waals surface area contributed by atoms with Gasteiger partial charge in [-0.25, -0.2) is 0 Å². The van der Waals surface area contributed by atoms with Crippen molar-refractivity contribution in [2.75, 3.05) is 26.3 Å². The monoisotopic (exact) mass is 460 g/mol. The first-order chi connectivity index (χ1) is 16.2. The van der Waals surface area contributed by atoms with Gasteiger partial charge in [0, 0.05) is 24.4 Å². The summed E-state index contributed by atoms with van der Waals surface area (Å²) in [7, 11) is 0. The predicted molar refractivity (Wildman–Crippen MR) is 127 cm³/mol. The molecule has 0 bridgehead atoms. The number of carbonyl (C=O) groups is 1. The summed E-state index contributed by atoms with van der Waals surface area (Å²) in [6, 6.07) is 19.7. The maximum atomic E-state index is 12.9. The Balaban J connectivity index is 1.40. The van der Waals surface area contributed by atoms with E-state index in [0.29, 0.717) is 49.2 Å². The quantitative estimate of drug-likeness (QED) is 0.392. The number of furan rings is 1. The molecule has 1 amide bonds. The Labute approximate surface area is 196 Å². The van der Waals surface area contributed by atoms with Gasteiger partial charge in [-0.15, -0.1) is 10.2 Å². The molecule has 1 aliphatic rings. The largest absolute Gasteiger partial charge is 0.461 e. The Morgan fingerprint density at radius 1 is 1.03 bits per heavy atom. The van der Waals surface area contributed by atoms with Crippen molar-refractivity contribution in [1.29, 1.82) is 0 Å². The topological polar surface area (TPSA) is 73.4 Å². The molecule has 168 valence electrons. The minimum absolute atomic E-state index is 0.0492. The average Bonchev–Trinajstić information content (AvgIpc) is 3.53. The normalized spacial score (nSPS) is 13.9. The Bertz CT molecular complexity index is 1250. The van der Waals surface area contributed by atoms with Crippen molar-refractivity contribution in [3.8, 4) is 17.3 Å². The molecule has 8 heteroatoms. The third-order valence-electron chi connectivity index (χ3n) is 5.47. The van der Waals surface area contributed by atoms with Crippen molar-refractivity contribution in [2.45, 2.75) is 17.8 Å². The highest BCUT2D eigenvalue weighted by atomic mass is 32.2. The molecule has 0 aliphatic carbocycles. The SMILES string of the molecule is Cc1cccc(-n2c(SCc3cccc(C(=O)N4CCOCC4)c3)nnc2-c2ccco2)c1. The number of hydrogen-bond donors (Lipinski definition) is 0. The Hall–Kier alpha value is -3.36. The van der Waals surface area contributed by atoms with Crippen LogP contribution < -0.4 is 0 Å². The number of carbonyl (C=O) groups excluding carboxylic acids is 1. The Morgan fingerprint density at radius 3 is 2.67 bits per heavy atom. The number of benzene rings is 2. The van der Waals surface area contributed by atoms with Crippen LogP contribution in [0.25, 0.3) is 17.3 Å². The average molecular weight is 461 g/mol. The molecule has 33 heavy (non-hydrogen) atoms. The van der Waals surface area contributed by atoms with Crippen molar-refractivity contribution in [3.63, 3.8) is 0 Å². The van der Waals surface area contributed by atoms with Gasteiger partial charge < -0.3 is 14.1 Å². The van der Waals surface area contributed by atoms with E-state index < -0.39 is 0 Å². The van der Waals surface area contributed by atoms with E-state index in [1.807, 2.05) is 58.0 Å². The molecule has 2 aromatic heterocycles. The van der Waals surface area contributed by atoms with Gasteiger partial charge in [0.25, 0.3) is 5.91 Å². The summed E-state index contributed by atoms with van der Waals surface area (Å²) in [5.74, 6) is 2.03. The highest BCUT2D eigenvalue weighted by Crippen LogP contribution is 2.30. The molecule has 3 heterocycles. The van der Waals surface area contributed by atoms with Crippen LogP contribution in [-0.2, 0) is 10.5 Å². The standard InChI is InChI=1S/C25H24N4O3S/c1-18-5-2-8-21(15-18)29-23(22-9-4-12-32-22)26-27-25(29)33-17-19-6-3-7-20(16-19)24(30)28-10-13-31-14-11-28/h2-9,12,15-16H,10-11,13-14,17H2,1H3. The summed E-state index contributed by atoms with van der Waals surface area (Å²) in [4.78, 5) is 14.7. The third kappa shape index (κ3) is 4.72. The van der Waals surface area contributed by atoms with E-state index in [0.717, 1.165) is 22.0 Å². The maximum absolute atomic E-state index is 12.9. The molecular formula is C25H24N4O3S. The van der Waals surface area contributed by atoms with Crippen LogP contribution in [0.4, 0.5) is 0 Å². The van der Waals surface area contributed by atoms with Crippen molar-refractivity contribution >= 4 is 17.7 Å². The fraction of sp³-hybridized carbons (Fsp3) is 0.240. The number of amides is 1. The Morgan fingerprint density at radius 2 is 1.88 bits per heavy atom. The van der Waals surface area contributed by atoms with E-state index >= 15 is 0 Å². The van der Waals surface area contributed by atoms with Crippen LogP contribution in [0.5, 0.6) is 0 Å². The molecule has 1 fully saturated rings. The minimum Gasteiger partial charge on any atom is -0.461 e. The van der Waals surface area contributed by atoms with Crippen LogP contribution in [0.2, 0.25) is 0 Å². The van der Waals surface area contributed by atoms with E-state index in [9.17, 15) is 4.79 Å². The van der Waals surface area contributed by atoms with E-state index in [-0.39, 0.29) is 5.91 Å². The van der Waals surface area contributed by atoms with Crippen molar-refractivity contribution in [2.24, 2.45) is 0 Å². The van der Waals surface area contributed by atoms with Crippen molar-refractivity contribution in [1.82, 2.24) is 19.7 Å². The van der Waals surface area contributed by atoms with Crippen LogP contribution in [-0.4, -0.2) is 51.9 Å². The first-order valence-corrected chi connectivity index (χ1v) is 11.8. The lowest BCUT2D eigenvalue weighted by Crippen LogP contribution is -2.40. The molecule has 0 atom stereocenters. The molecule has 2 aromatic carbocycles. The predicted octanol–water partition coefficient (Wildman–Crippen LogP) is 4.60. The van der Waals surface area contributed by atoms with Gasteiger partial charge in [0.2, 0.25) is 5.82 Å². The number of thioether (sulfide) groups is 1. The van der Waals surface area contributed by atoms with Gasteiger partial charge >= 0.3 is 0 Å². The summed E-state index contributed by atoms with van der Waals surface area (Å²) in [5.41, 5.74) is 3.88. The number of aromatic nitrogens is 3. The molecule has 4 aromatic rings. The molecule has 1 aliphatic heterocycles. The Kier molecular flexibility index (Phi) is 6.28. The van der Waals surface area contributed by atoms with E-state index in [1.54, 1.807) is 18.0 Å². The minimum atomic E-state index is 0.0492. The lowest BCUT2D eigenvalue weighted by Gasteiger charge is -2.27. The van der Waals surface area contributed by atoms with Gasteiger partial charge in [-0.2, -0.15) is 0 Å². The first-order valence-electron chi connectivity index (χ1n) is 10.8. The summed E-state index contributed by atoms with van der Waals surface area (Å²) in [5, 5.41) is 9.62. The van der Waals surface area contributed by atoms with Gasteiger partial charge in [-0.1, -0.05) is 36.0 Å². The zero-order valence-electron chi connectivity index (χ0n) is 18.3. The number of rotatable bonds is 6. The van der Waals surface area contributed by atoms with Crippen molar-refractivity contribution < 1.29 is 13.9 Å². The summed E-state index contributed by atoms with van der Waals surface area (Å²) in [6.07, 6.45) is 1.63. The summed E-state index contributed by atoms with van der Waals surface area (Å²) in [6.45, 7) is 4.51. The van der Waals surface area contributed by atoms with Gasteiger partial charge in [0.15, 0.2) is 10.9 Å². The van der Waals surface area contributed by atoms with Crippen molar-refractivity contribution in [3.05, 3.63) is 83.6 Å². The summed E-state index contributed by atoms with van der Waals surface area (Å²) < 4.78 is 13.0. The molecule has 0 radical (unpaired) electrons. The second kappa shape index (κ2) is 9.64. The van der Waals surface area contributed by atoms with E-state index in [1.165, 1.54) is 0 Å². The zero-order valence-corrected chi connectivity index (χ0v) is 19.1. The van der Waals surface area contributed by atoms with E-state index in [4.69, 9.17) is 9.15 Å². The van der Waals surface area contributed by atoms with Crippen LogP contribution >= 0.6 is 11.8 Å². The van der Waals surface area contributed by atoms with Crippen LogP contribution in [0.15, 0.2) is 76.5 Å². The molecule has 0 spiro atoms. The van der Waals surface area contributed by atoms with Gasteiger partial charge in [-0.05, 0) is 54.4 Å². The molecule has 0 N–H and O–H groups in total. The van der Waals surface area contributed by atoms with Crippen LogP contribution in [0.3, 0.4) is 0 Å². The second-order valence-corrected chi connectivity index (χ2v) is 8.79. The molecule has 0 saturated carbocycles. The van der Waals surface area contributed by atoms with Gasteiger partial charge in [0.05, 0.1) is 25.2 Å². The number of morpholine rings is 1. The molecule has 0 unspecified atom stereocenters. The van der Waals surface area contributed by atoms with E-state index in [2.05, 4.69) is 29.3 Å². The fourth-order valence-electron chi connectivity index (χ4n) is 3.82. The maximum Gasteiger partial charge on any atom is 0.254 e. The highest BCUT2D eigenvalue weighted by Gasteiger charge is 2.20. The smallest absolute Gasteiger partial charge is 0.254 e. The first kappa shape index (κ1) is 21.5. The number of nitrogens with zero attached hydrogens (tertiary/aromatic N) is 4. The number of ether oxygens (including phenoxy) is 1. The number of aryl methyl sites for hydroxylation is 1. The molecule has 7 nitrogen and oxygen atoms in total. The summed E-state index contributed by atoms with van der Waals surface area (Å²) >= 11 is 1.58. The molecule has 5 rings (SSSR count). The number of hydrogen-bond acceptors (Lipinski definition) is 6. The lowest BCUT2D eigenvalue weighted by molar-refractivity contribution is 0.0303. The third-order valence-corrected chi connectivity index (χ3v) is 6.48. The zero-order chi connectivity index (χ0) is 22.6. The van der Waals surface area contributed by atoms with Crippen LogP contribution in [0.1, 0.15) is 21.5 Å². The highest BCUT2D eigenvalue weighted by molar-refractivity contribution is 7.98. The fourth-order valence-corrected chi connectivity index (χ4v) is 4.71. The molecule has 1 saturated heterocycles. The lowest BCUT2D eigenvalue weighted by atomic mass is 10.1. The molecular weight excluding hydrogens is 436 g/mol. The van der Waals surface area contributed by atoms with Gasteiger partial charge in [0.1, 0.15) is 0 Å². The second-order valence-electron chi connectivity index (χ2n) is 7.85. The van der Waals surface area contributed by atoms with Gasteiger partial charge in [-0.3, -0.25) is 9.36 Å². The van der Waals surface area contributed by atoms with Crippen LogP contribution in [0, 0.1) is 6.92 Å².